The average Bonchev–Trinajstić information content (AvgIpc) is 3.15. The molecule has 0 spiro atoms. The van der Waals surface area contributed by atoms with Crippen LogP contribution in [0.1, 0.15) is 27.0 Å². The molecular formula is C28H21NO4S2. The molecule has 0 bridgehead atoms. The van der Waals surface area contributed by atoms with Crippen LogP contribution in [0.4, 0.5) is 0 Å². The van der Waals surface area contributed by atoms with Gasteiger partial charge in [0.25, 0.3) is 5.91 Å². The van der Waals surface area contributed by atoms with Crippen LogP contribution in [0, 0.1) is 0 Å². The van der Waals surface area contributed by atoms with E-state index in [1.807, 2.05) is 72.8 Å². The van der Waals surface area contributed by atoms with Crippen LogP contribution in [0.2, 0.25) is 0 Å². The van der Waals surface area contributed by atoms with Gasteiger partial charge in [0.2, 0.25) is 0 Å². The highest BCUT2D eigenvalue weighted by molar-refractivity contribution is 8.26. The van der Waals surface area contributed by atoms with Gasteiger partial charge in [0, 0.05) is 12.0 Å². The van der Waals surface area contributed by atoms with Crippen LogP contribution in [0.25, 0.3) is 12.2 Å². The Balaban J connectivity index is 1.47. The smallest absolute Gasteiger partial charge is 0.327 e. The predicted octanol–water partition coefficient (Wildman–Crippen LogP) is 5.48. The summed E-state index contributed by atoms with van der Waals surface area (Å²) >= 11 is 6.46. The standard InChI is InChI=1S/C28H21NO4S2/c30-24(22-9-5-2-6-10-22)16-15-19-11-13-21(14-12-19)18-25-26(31)29(28(34)35-25)23(27(32)33)17-20-7-3-1-4-8-20/h1-16,18,23H,17H2,(H,32,33)/b16-15+,25-18-/t23-/m0/s1. The molecule has 0 unspecified atom stereocenters. The van der Waals surface area contributed by atoms with Crippen molar-refractivity contribution in [3.05, 3.63) is 118 Å². The number of aliphatic carboxylic acids is 1. The van der Waals surface area contributed by atoms with Gasteiger partial charge in [0.05, 0.1) is 4.91 Å². The zero-order valence-electron chi connectivity index (χ0n) is 18.5. The number of ketones is 1. The first kappa shape index (κ1) is 24.3. The largest absolute Gasteiger partial charge is 0.480 e. The van der Waals surface area contributed by atoms with Gasteiger partial charge in [0.1, 0.15) is 10.4 Å². The van der Waals surface area contributed by atoms with E-state index >= 15 is 0 Å². The number of hydrogen-bond acceptors (Lipinski definition) is 5. The number of thioether (sulfide) groups is 1. The van der Waals surface area contributed by atoms with Crippen molar-refractivity contribution in [3.63, 3.8) is 0 Å². The first-order chi connectivity index (χ1) is 16.9. The number of allylic oxidation sites excluding steroid dienone is 1. The summed E-state index contributed by atoms with van der Waals surface area (Å²) in [5.41, 5.74) is 3.04. The number of thiocarbonyl (C=S) groups is 1. The van der Waals surface area contributed by atoms with Gasteiger partial charge in [-0.25, -0.2) is 4.79 Å². The Hall–Kier alpha value is -3.81. The molecule has 0 aromatic heterocycles. The Morgan fingerprint density at radius 2 is 1.51 bits per heavy atom. The first-order valence-corrected chi connectivity index (χ1v) is 12.1. The van der Waals surface area contributed by atoms with Crippen LogP contribution in [0.3, 0.4) is 0 Å². The Bertz CT molecular complexity index is 1320. The SMILES string of the molecule is O=C(/C=C/c1ccc(/C=C2\SC(=S)N([C@@H](Cc3ccccc3)C(=O)O)C2=O)cc1)c1ccccc1. The summed E-state index contributed by atoms with van der Waals surface area (Å²) in [7, 11) is 0. The number of rotatable bonds is 8. The Labute approximate surface area is 212 Å². The van der Waals surface area contributed by atoms with Gasteiger partial charge in [-0.2, -0.15) is 0 Å². The van der Waals surface area contributed by atoms with E-state index in [4.69, 9.17) is 12.2 Å². The van der Waals surface area contributed by atoms with Crippen LogP contribution in [0.5, 0.6) is 0 Å². The van der Waals surface area contributed by atoms with Crippen molar-refractivity contribution in [2.75, 3.05) is 0 Å². The third-order valence-corrected chi connectivity index (χ3v) is 6.74. The van der Waals surface area contributed by atoms with Crippen LogP contribution in [0.15, 0.2) is 95.9 Å². The maximum absolute atomic E-state index is 13.1. The Morgan fingerprint density at radius 3 is 2.14 bits per heavy atom. The highest BCUT2D eigenvalue weighted by Gasteiger charge is 2.40. The molecule has 174 valence electrons. The molecule has 1 aliphatic rings. The van der Waals surface area contributed by atoms with E-state index in [9.17, 15) is 19.5 Å². The minimum absolute atomic E-state index is 0.0816. The van der Waals surface area contributed by atoms with E-state index in [0.29, 0.717) is 10.5 Å². The van der Waals surface area contributed by atoms with Crippen molar-refractivity contribution in [3.8, 4) is 0 Å². The van der Waals surface area contributed by atoms with Crippen molar-refractivity contribution in [2.45, 2.75) is 12.5 Å². The summed E-state index contributed by atoms with van der Waals surface area (Å²) in [6, 6.07) is 24.5. The van der Waals surface area contributed by atoms with E-state index in [2.05, 4.69) is 0 Å². The number of hydrogen-bond donors (Lipinski definition) is 1. The van der Waals surface area contributed by atoms with Crippen molar-refractivity contribution >= 4 is 58.1 Å². The predicted molar refractivity (Wildman–Crippen MR) is 143 cm³/mol. The van der Waals surface area contributed by atoms with Gasteiger partial charge in [-0.1, -0.05) is 115 Å². The van der Waals surface area contributed by atoms with E-state index in [1.165, 1.54) is 11.0 Å². The molecule has 3 aromatic rings. The van der Waals surface area contributed by atoms with Crippen LogP contribution < -0.4 is 0 Å². The third kappa shape index (κ3) is 6.01. The molecule has 1 atom stereocenters. The van der Waals surface area contributed by atoms with Gasteiger partial charge in [0.15, 0.2) is 5.78 Å². The number of carbonyl (C=O) groups excluding carboxylic acids is 2. The van der Waals surface area contributed by atoms with Crippen molar-refractivity contribution in [1.29, 1.82) is 0 Å². The minimum atomic E-state index is -1.10. The molecule has 0 aliphatic carbocycles. The molecule has 35 heavy (non-hydrogen) atoms. The number of nitrogens with zero attached hydrogens (tertiary/aromatic N) is 1. The Kier molecular flexibility index (Phi) is 7.70. The van der Waals surface area contributed by atoms with Crippen molar-refractivity contribution < 1.29 is 19.5 Å². The summed E-state index contributed by atoms with van der Waals surface area (Å²) in [5, 5.41) is 9.79. The number of benzene rings is 3. The molecule has 3 aromatic carbocycles. The summed E-state index contributed by atoms with van der Waals surface area (Å²) < 4.78 is 0.226. The molecule has 5 nitrogen and oxygen atoms in total. The van der Waals surface area contributed by atoms with E-state index < -0.39 is 17.9 Å². The van der Waals surface area contributed by atoms with E-state index in [-0.39, 0.29) is 16.5 Å². The van der Waals surface area contributed by atoms with Crippen molar-refractivity contribution in [1.82, 2.24) is 4.90 Å². The number of carboxylic acid groups (broad SMARTS) is 1. The second-order valence-electron chi connectivity index (χ2n) is 7.83. The fourth-order valence-electron chi connectivity index (χ4n) is 3.60. The summed E-state index contributed by atoms with van der Waals surface area (Å²) in [6.07, 6.45) is 5.12. The van der Waals surface area contributed by atoms with Gasteiger partial charge in [-0.15, -0.1) is 0 Å². The number of carbonyl (C=O) groups is 3. The maximum atomic E-state index is 13.1. The van der Waals surface area contributed by atoms with Gasteiger partial charge in [-0.3, -0.25) is 14.5 Å². The lowest BCUT2D eigenvalue weighted by molar-refractivity contribution is -0.145. The maximum Gasteiger partial charge on any atom is 0.327 e. The molecule has 1 heterocycles. The Morgan fingerprint density at radius 1 is 0.914 bits per heavy atom. The molecule has 0 saturated carbocycles. The van der Waals surface area contributed by atoms with Crippen LogP contribution >= 0.6 is 24.0 Å². The number of amides is 1. The van der Waals surface area contributed by atoms with Gasteiger partial charge in [-0.05, 0) is 28.8 Å². The van der Waals surface area contributed by atoms with Crippen molar-refractivity contribution in [2.24, 2.45) is 0 Å². The third-order valence-electron chi connectivity index (χ3n) is 5.41. The molecule has 1 amide bonds. The first-order valence-electron chi connectivity index (χ1n) is 10.8. The molecule has 7 heteroatoms. The lowest BCUT2D eigenvalue weighted by Crippen LogP contribution is -2.45. The second-order valence-corrected chi connectivity index (χ2v) is 9.50. The average molecular weight is 500 g/mol. The summed E-state index contributed by atoms with van der Waals surface area (Å²) in [6.45, 7) is 0. The van der Waals surface area contributed by atoms with Crippen LogP contribution in [-0.2, 0) is 16.0 Å². The lowest BCUT2D eigenvalue weighted by atomic mass is 10.0. The molecule has 4 rings (SSSR count). The highest BCUT2D eigenvalue weighted by Crippen LogP contribution is 2.34. The van der Waals surface area contributed by atoms with E-state index in [1.54, 1.807) is 24.3 Å². The monoisotopic (exact) mass is 499 g/mol. The zero-order chi connectivity index (χ0) is 24.8. The normalized spacial score (nSPS) is 15.7. The molecule has 1 saturated heterocycles. The molecule has 0 radical (unpaired) electrons. The number of carboxylic acids is 1. The quantitative estimate of drug-likeness (QED) is 0.251. The zero-order valence-corrected chi connectivity index (χ0v) is 20.2. The fourth-order valence-corrected chi connectivity index (χ4v) is 4.96. The van der Waals surface area contributed by atoms with Crippen LogP contribution in [-0.4, -0.2) is 38.0 Å². The molecule has 1 N–H and O–H groups in total. The summed E-state index contributed by atoms with van der Waals surface area (Å²) in [5.74, 6) is -1.60. The van der Waals surface area contributed by atoms with Gasteiger partial charge >= 0.3 is 5.97 Å². The summed E-state index contributed by atoms with van der Waals surface area (Å²) in [4.78, 5) is 38.8. The van der Waals surface area contributed by atoms with Gasteiger partial charge < -0.3 is 5.11 Å². The molecular weight excluding hydrogens is 478 g/mol. The highest BCUT2D eigenvalue weighted by atomic mass is 32.2. The molecule has 1 aliphatic heterocycles. The lowest BCUT2D eigenvalue weighted by Gasteiger charge is -2.23. The fraction of sp³-hybridized carbons (Fsp3) is 0.0714. The minimum Gasteiger partial charge on any atom is -0.480 e. The second kappa shape index (κ2) is 11.1. The topological polar surface area (TPSA) is 74.7 Å². The van der Waals surface area contributed by atoms with E-state index in [0.717, 1.165) is 28.5 Å². The molecule has 1 fully saturated rings.